The molecule has 0 aliphatic heterocycles. The van der Waals surface area contributed by atoms with Gasteiger partial charge in [-0.1, -0.05) is 12.1 Å². The lowest BCUT2D eigenvalue weighted by molar-refractivity contribution is -0.115. The SMILES string of the molecule is Nc1ccc(CC(=O)Nc2nccnn2)cc1. The first-order valence-corrected chi connectivity index (χ1v) is 5.02. The second-order valence-electron chi connectivity index (χ2n) is 3.43. The van der Waals surface area contributed by atoms with E-state index in [1.165, 1.54) is 12.4 Å². The van der Waals surface area contributed by atoms with Crippen molar-refractivity contribution >= 4 is 17.5 Å². The van der Waals surface area contributed by atoms with Crippen LogP contribution in [0.2, 0.25) is 0 Å². The van der Waals surface area contributed by atoms with Gasteiger partial charge in [0.05, 0.1) is 18.8 Å². The topological polar surface area (TPSA) is 93.8 Å². The first-order chi connectivity index (χ1) is 8.24. The zero-order chi connectivity index (χ0) is 12.1. The summed E-state index contributed by atoms with van der Waals surface area (Å²) in [7, 11) is 0. The Balaban J connectivity index is 1.96. The summed E-state index contributed by atoms with van der Waals surface area (Å²) in [6, 6.07) is 7.12. The molecule has 1 amide bonds. The number of hydrogen-bond donors (Lipinski definition) is 2. The van der Waals surface area contributed by atoms with Gasteiger partial charge in [0.15, 0.2) is 0 Å². The van der Waals surface area contributed by atoms with Crippen molar-refractivity contribution < 1.29 is 4.79 Å². The van der Waals surface area contributed by atoms with Crippen LogP contribution in [-0.4, -0.2) is 21.1 Å². The molecule has 2 rings (SSSR count). The van der Waals surface area contributed by atoms with Gasteiger partial charge < -0.3 is 5.73 Å². The van der Waals surface area contributed by atoms with Gasteiger partial charge in [0.25, 0.3) is 0 Å². The van der Waals surface area contributed by atoms with E-state index in [1.807, 2.05) is 0 Å². The van der Waals surface area contributed by atoms with Crippen LogP contribution in [0.1, 0.15) is 5.56 Å². The average molecular weight is 229 g/mol. The fraction of sp³-hybridized carbons (Fsp3) is 0.0909. The minimum Gasteiger partial charge on any atom is -0.399 e. The number of hydrogen-bond acceptors (Lipinski definition) is 5. The van der Waals surface area contributed by atoms with Crippen molar-refractivity contribution in [1.29, 1.82) is 0 Å². The van der Waals surface area contributed by atoms with Crippen molar-refractivity contribution in [1.82, 2.24) is 15.2 Å². The second-order valence-corrected chi connectivity index (χ2v) is 3.43. The van der Waals surface area contributed by atoms with E-state index in [0.717, 1.165) is 5.56 Å². The minimum atomic E-state index is -0.192. The Morgan fingerprint density at radius 1 is 1.24 bits per heavy atom. The maximum atomic E-state index is 11.6. The van der Waals surface area contributed by atoms with Crippen LogP contribution in [0.4, 0.5) is 11.6 Å². The summed E-state index contributed by atoms with van der Waals surface area (Å²) >= 11 is 0. The second kappa shape index (κ2) is 5.02. The Morgan fingerprint density at radius 2 is 2.00 bits per heavy atom. The number of carbonyl (C=O) groups excluding carboxylic acids is 1. The number of nitrogens with two attached hydrogens (primary N) is 1. The van der Waals surface area contributed by atoms with Gasteiger partial charge >= 0.3 is 0 Å². The molecule has 0 aliphatic carbocycles. The van der Waals surface area contributed by atoms with Gasteiger partial charge in [-0.2, -0.15) is 5.10 Å². The van der Waals surface area contributed by atoms with Crippen LogP contribution in [0.25, 0.3) is 0 Å². The van der Waals surface area contributed by atoms with E-state index in [-0.39, 0.29) is 18.3 Å². The van der Waals surface area contributed by atoms with Crippen LogP contribution in [0, 0.1) is 0 Å². The monoisotopic (exact) mass is 229 g/mol. The standard InChI is InChI=1S/C11H11N5O/c12-9-3-1-8(2-4-9)7-10(17)15-11-13-5-6-14-16-11/h1-6H,7,12H2,(H,13,15,16,17). The Hall–Kier alpha value is -2.50. The Morgan fingerprint density at radius 3 is 2.65 bits per heavy atom. The molecule has 0 spiro atoms. The number of nitrogens with zero attached hydrogens (tertiary/aromatic N) is 3. The van der Waals surface area contributed by atoms with Gasteiger partial charge in [-0.05, 0) is 17.7 Å². The molecule has 0 atom stereocenters. The maximum Gasteiger partial charge on any atom is 0.249 e. The Bertz CT molecular complexity index is 497. The molecule has 1 heterocycles. The minimum absolute atomic E-state index is 0.192. The van der Waals surface area contributed by atoms with Gasteiger partial charge in [0.1, 0.15) is 0 Å². The molecule has 2 aromatic rings. The van der Waals surface area contributed by atoms with E-state index in [0.29, 0.717) is 5.69 Å². The van der Waals surface area contributed by atoms with E-state index < -0.39 is 0 Å². The smallest absolute Gasteiger partial charge is 0.249 e. The molecular weight excluding hydrogens is 218 g/mol. The van der Waals surface area contributed by atoms with Crippen molar-refractivity contribution in [2.24, 2.45) is 0 Å². The highest BCUT2D eigenvalue weighted by Gasteiger charge is 2.05. The Kier molecular flexibility index (Phi) is 3.25. The molecule has 0 bridgehead atoms. The third-order valence-electron chi connectivity index (χ3n) is 2.08. The molecule has 3 N–H and O–H groups in total. The lowest BCUT2D eigenvalue weighted by Crippen LogP contribution is -2.16. The van der Waals surface area contributed by atoms with Crippen LogP contribution >= 0.6 is 0 Å². The van der Waals surface area contributed by atoms with Crippen molar-refractivity contribution in [3.8, 4) is 0 Å². The van der Waals surface area contributed by atoms with Crippen molar-refractivity contribution in [2.75, 3.05) is 11.1 Å². The summed E-state index contributed by atoms with van der Waals surface area (Å²) in [4.78, 5) is 15.5. The molecule has 0 fully saturated rings. The molecule has 0 unspecified atom stereocenters. The van der Waals surface area contributed by atoms with Crippen LogP contribution in [-0.2, 0) is 11.2 Å². The average Bonchev–Trinajstić information content (AvgIpc) is 2.33. The summed E-state index contributed by atoms with van der Waals surface area (Å²) in [6.07, 6.45) is 3.15. The number of rotatable bonds is 3. The van der Waals surface area contributed by atoms with Gasteiger partial charge in [0.2, 0.25) is 11.9 Å². The summed E-state index contributed by atoms with van der Waals surface area (Å²) in [5.41, 5.74) is 7.10. The first kappa shape index (κ1) is 11.0. The third-order valence-corrected chi connectivity index (χ3v) is 2.08. The highest BCUT2D eigenvalue weighted by atomic mass is 16.1. The highest BCUT2D eigenvalue weighted by molar-refractivity contribution is 5.90. The fourth-order valence-corrected chi connectivity index (χ4v) is 1.29. The number of benzene rings is 1. The van der Waals surface area contributed by atoms with Gasteiger partial charge in [0, 0.05) is 5.69 Å². The maximum absolute atomic E-state index is 11.6. The lowest BCUT2D eigenvalue weighted by atomic mass is 10.1. The predicted molar refractivity (Wildman–Crippen MR) is 63.0 cm³/mol. The van der Waals surface area contributed by atoms with Crippen LogP contribution in [0.15, 0.2) is 36.7 Å². The number of anilines is 2. The highest BCUT2D eigenvalue weighted by Crippen LogP contribution is 2.06. The zero-order valence-electron chi connectivity index (χ0n) is 9.00. The predicted octanol–water partition coefficient (Wildman–Crippen LogP) is 0.635. The van der Waals surface area contributed by atoms with Crippen molar-refractivity contribution in [3.63, 3.8) is 0 Å². The van der Waals surface area contributed by atoms with Crippen LogP contribution in [0.3, 0.4) is 0 Å². The molecule has 17 heavy (non-hydrogen) atoms. The van der Waals surface area contributed by atoms with E-state index in [2.05, 4.69) is 20.5 Å². The van der Waals surface area contributed by atoms with Crippen molar-refractivity contribution in [3.05, 3.63) is 42.2 Å². The van der Waals surface area contributed by atoms with E-state index >= 15 is 0 Å². The molecule has 0 aliphatic rings. The zero-order valence-corrected chi connectivity index (χ0v) is 9.00. The molecule has 6 heteroatoms. The van der Waals surface area contributed by atoms with Crippen LogP contribution in [0.5, 0.6) is 0 Å². The number of nitrogens with one attached hydrogen (secondary N) is 1. The number of amides is 1. The Labute approximate surface area is 97.9 Å². The van der Waals surface area contributed by atoms with Crippen molar-refractivity contribution in [2.45, 2.75) is 6.42 Å². The largest absolute Gasteiger partial charge is 0.399 e. The summed E-state index contributed by atoms with van der Waals surface area (Å²) < 4.78 is 0. The molecule has 86 valence electrons. The van der Waals surface area contributed by atoms with Gasteiger partial charge in [-0.15, -0.1) is 5.10 Å². The molecule has 1 aromatic carbocycles. The number of nitrogen functional groups attached to an aromatic ring is 1. The van der Waals surface area contributed by atoms with Crippen LogP contribution < -0.4 is 11.1 Å². The molecule has 1 aromatic heterocycles. The first-order valence-electron chi connectivity index (χ1n) is 5.02. The van der Waals surface area contributed by atoms with E-state index in [1.54, 1.807) is 24.3 Å². The number of carbonyl (C=O) groups is 1. The molecule has 0 saturated carbocycles. The van der Waals surface area contributed by atoms with Gasteiger partial charge in [-0.3, -0.25) is 10.1 Å². The summed E-state index contributed by atoms with van der Waals surface area (Å²) in [5, 5.41) is 9.82. The molecule has 0 radical (unpaired) electrons. The van der Waals surface area contributed by atoms with E-state index in [4.69, 9.17) is 5.73 Å². The lowest BCUT2D eigenvalue weighted by Gasteiger charge is -2.03. The third kappa shape index (κ3) is 3.23. The normalized spacial score (nSPS) is 9.88. The summed E-state index contributed by atoms with van der Waals surface area (Å²) in [5.74, 6) is 0.00992. The summed E-state index contributed by atoms with van der Waals surface area (Å²) in [6.45, 7) is 0. The fourth-order valence-electron chi connectivity index (χ4n) is 1.29. The molecular formula is C11H11N5O. The quantitative estimate of drug-likeness (QED) is 0.753. The number of aromatic nitrogens is 3. The van der Waals surface area contributed by atoms with E-state index in [9.17, 15) is 4.79 Å². The van der Waals surface area contributed by atoms with Gasteiger partial charge in [-0.25, -0.2) is 4.98 Å². The molecule has 6 nitrogen and oxygen atoms in total. The molecule has 0 saturated heterocycles.